The molecule has 1 heteroatoms. The van der Waals surface area contributed by atoms with E-state index in [1.54, 1.807) is 0 Å². The van der Waals surface area contributed by atoms with E-state index in [-0.39, 0.29) is 0 Å². The molecular formula is C7H15Si. The molecule has 0 unspecified atom stereocenters. The van der Waals surface area contributed by atoms with Gasteiger partial charge in [0.15, 0.2) is 0 Å². The monoisotopic (exact) mass is 127 g/mol. The van der Waals surface area contributed by atoms with Crippen LogP contribution in [-0.2, 0) is 0 Å². The summed E-state index contributed by atoms with van der Waals surface area (Å²) in [7, 11) is 0.535. The molecular weight excluding hydrogens is 112 g/mol. The van der Waals surface area contributed by atoms with Gasteiger partial charge in [0.2, 0.25) is 0 Å². The molecule has 0 aromatic rings. The molecule has 0 rings (SSSR count). The molecule has 0 saturated heterocycles. The first-order valence-corrected chi connectivity index (χ1v) is 4.64. The van der Waals surface area contributed by atoms with Gasteiger partial charge >= 0.3 is 0 Å². The Morgan fingerprint density at radius 1 is 1.50 bits per heavy atom. The molecule has 0 N–H and O–H groups in total. The SMILES string of the molecule is [CH2]C=[SiH]C(CC)CC. The lowest BCUT2D eigenvalue weighted by Gasteiger charge is -2.02. The van der Waals surface area contributed by atoms with Crippen LogP contribution in [0.15, 0.2) is 0 Å². The van der Waals surface area contributed by atoms with Crippen LogP contribution < -0.4 is 0 Å². The van der Waals surface area contributed by atoms with E-state index in [0.29, 0.717) is 9.13 Å². The molecule has 0 amide bonds. The van der Waals surface area contributed by atoms with Crippen molar-refractivity contribution in [3.63, 3.8) is 0 Å². The molecule has 0 atom stereocenters. The molecule has 0 aromatic carbocycles. The fourth-order valence-corrected chi connectivity index (χ4v) is 1.68. The maximum absolute atomic E-state index is 3.73. The van der Waals surface area contributed by atoms with Gasteiger partial charge in [-0.25, -0.2) is 0 Å². The maximum atomic E-state index is 3.73. The Kier molecular flexibility index (Phi) is 5.28. The van der Waals surface area contributed by atoms with Crippen LogP contribution >= 0.6 is 0 Å². The minimum absolute atomic E-state index is 0.535. The van der Waals surface area contributed by atoms with E-state index in [1.807, 2.05) is 0 Å². The molecule has 0 nitrogen and oxygen atoms in total. The van der Waals surface area contributed by atoms with Gasteiger partial charge in [0.05, 0.1) is 0 Å². The van der Waals surface area contributed by atoms with E-state index in [0.717, 1.165) is 5.54 Å². The smallest absolute Gasteiger partial charge is 0.00862 e. The van der Waals surface area contributed by atoms with Crippen molar-refractivity contribution in [3.8, 4) is 0 Å². The largest absolute Gasteiger partial charge is 0.106 e. The summed E-state index contributed by atoms with van der Waals surface area (Å²) in [4.78, 5) is 0. The lowest BCUT2D eigenvalue weighted by atomic mass is 10.3. The Bertz CT molecular complexity index is 62.8. The van der Waals surface area contributed by atoms with Crippen molar-refractivity contribution in [2.45, 2.75) is 32.2 Å². The molecule has 8 heavy (non-hydrogen) atoms. The lowest BCUT2D eigenvalue weighted by Crippen LogP contribution is -1.93. The Hall–Kier alpha value is 0.0869. The van der Waals surface area contributed by atoms with Crippen molar-refractivity contribution >= 4 is 14.8 Å². The van der Waals surface area contributed by atoms with Gasteiger partial charge in [-0.3, -0.25) is 0 Å². The molecule has 1 radical (unpaired) electrons. The predicted octanol–water partition coefficient (Wildman–Crippen LogP) is 1.67. The van der Waals surface area contributed by atoms with Gasteiger partial charge in [0.1, 0.15) is 0 Å². The zero-order valence-electron chi connectivity index (χ0n) is 5.85. The van der Waals surface area contributed by atoms with Crippen LogP contribution in [0.1, 0.15) is 26.7 Å². The zero-order chi connectivity index (χ0) is 6.41. The highest BCUT2D eigenvalue weighted by atomic mass is 28.2. The molecule has 0 saturated carbocycles. The predicted molar refractivity (Wildman–Crippen MR) is 42.9 cm³/mol. The van der Waals surface area contributed by atoms with Gasteiger partial charge in [-0.2, -0.15) is 0 Å². The first-order valence-electron chi connectivity index (χ1n) is 3.31. The zero-order valence-corrected chi connectivity index (χ0v) is 7.01. The van der Waals surface area contributed by atoms with Crippen molar-refractivity contribution in [1.29, 1.82) is 0 Å². The van der Waals surface area contributed by atoms with E-state index in [1.165, 1.54) is 12.8 Å². The fourth-order valence-electron chi connectivity index (χ4n) is 0.753. The summed E-state index contributed by atoms with van der Waals surface area (Å²) in [5, 5.41) is 0. The van der Waals surface area contributed by atoms with Crippen LogP contribution in [0.25, 0.3) is 0 Å². The third kappa shape index (κ3) is 3.14. The second-order valence-corrected chi connectivity index (χ2v) is 3.80. The van der Waals surface area contributed by atoms with Crippen LogP contribution in [0.4, 0.5) is 0 Å². The molecule has 0 heterocycles. The molecule has 0 aromatic heterocycles. The summed E-state index contributed by atoms with van der Waals surface area (Å²) in [6, 6.07) is 0. The highest BCUT2D eigenvalue weighted by Gasteiger charge is 1.94. The average Bonchev–Trinajstić information content (AvgIpc) is 1.83. The minimum atomic E-state index is 0.535. The topological polar surface area (TPSA) is 0 Å². The van der Waals surface area contributed by atoms with Crippen molar-refractivity contribution in [1.82, 2.24) is 0 Å². The van der Waals surface area contributed by atoms with Crippen LogP contribution in [0.3, 0.4) is 0 Å². The van der Waals surface area contributed by atoms with Gasteiger partial charge in [0, 0.05) is 0 Å². The average molecular weight is 127 g/mol. The Balaban J connectivity index is 3.36. The van der Waals surface area contributed by atoms with Crippen LogP contribution in [-0.4, -0.2) is 14.8 Å². The number of hydrogen-bond acceptors (Lipinski definition) is 0. The third-order valence-corrected chi connectivity index (χ3v) is 3.22. The summed E-state index contributed by atoms with van der Waals surface area (Å²) < 4.78 is 0. The van der Waals surface area contributed by atoms with E-state index >= 15 is 0 Å². The van der Waals surface area contributed by atoms with Crippen LogP contribution in [0.2, 0.25) is 5.54 Å². The molecule has 0 spiro atoms. The lowest BCUT2D eigenvalue weighted by molar-refractivity contribution is 0.766. The quantitative estimate of drug-likeness (QED) is 0.506. The van der Waals surface area contributed by atoms with Crippen molar-refractivity contribution in [3.05, 3.63) is 6.92 Å². The second kappa shape index (κ2) is 5.23. The number of hydrogen-bond donors (Lipinski definition) is 0. The Labute approximate surface area is 54.7 Å². The highest BCUT2D eigenvalue weighted by molar-refractivity contribution is 6.49. The van der Waals surface area contributed by atoms with E-state index < -0.39 is 0 Å². The first kappa shape index (κ1) is 8.09. The number of rotatable bonds is 3. The Morgan fingerprint density at radius 3 is 2.12 bits per heavy atom. The minimum Gasteiger partial charge on any atom is -0.106 e. The van der Waals surface area contributed by atoms with E-state index in [9.17, 15) is 0 Å². The summed E-state index contributed by atoms with van der Waals surface area (Å²) >= 11 is 0. The van der Waals surface area contributed by atoms with Gasteiger partial charge in [-0.1, -0.05) is 26.7 Å². The standard InChI is InChI=1S/C7H15Si/c1-4-7(5-2)8-6-3/h6-8H,3-5H2,1-2H3. The third-order valence-electron chi connectivity index (χ3n) is 1.46. The van der Waals surface area contributed by atoms with Crippen molar-refractivity contribution in [2.75, 3.05) is 0 Å². The van der Waals surface area contributed by atoms with Crippen molar-refractivity contribution in [2.24, 2.45) is 0 Å². The summed E-state index contributed by atoms with van der Waals surface area (Å²) in [6.07, 6.45) is 2.66. The molecule has 0 bridgehead atoms. The van der Waals surface area contributed by atoms with Crippen molar-refractivity contribution < 1.29 is 0 Å². The molecule has 0 fully saturated rings. The van der Waals surface area contributed by atoms with Gasteiger partial charge in [-0.05, 0) is 21.6 Å². The second-order valence-electron chi connectivity index (χ2n) is 2.00. The van der Waals surface area contributed by atoms with E-state index in [4.69, 9.17) is 0 Å². The van der Waals surface area contributed by atoms with E-state index in [2.05, 4.69) is 26.4 Å². The van der Waals surface area contributed by atoms with Crippen LogP contribution in [0.5, 0.6) is 0 Å². The highest BCUT2D eigenvalue weighted by Crippen LogP contribution is 2.08. The van der Waals surface area contributed by atoms with Crippen LogP contribution in [0, 0.1) is 6.92 Å². The Morgan fingerprint density at radius 2 is 2.00 bits per heavy atom. The summed E-state index contributed by atoms with van der Waals surface area (Å²) in [5.74, 6) is 0. The first-order chi connectivity index (χ1) is 3.85. The molecule has 0 aliphatic carbocycles. The molecule has 47 valence electrons. The fraction of sp³-hybridized carbons (Fsp3) is 0.714. The van der Waals surface area contributed by atoms with Gasteiger partial charge < -0.3 is 0 Å². The van der Waals surface area contributed by atoms with Gasteiger partial charge in [-0.15, -0.1) is 5.67 Å². The van der Waals surface area contributed by atoms with Gasteiger partial charge in [0.25, 0.3) is 0 Å². The normalized spacial score (nSPS) is 11.5. The summed E-state index contributed by atoms with van der Waals surface area (Å²) in [5.41, 5.74) is 3.06. The maximum Gasteiger partial charge on any atom is -0.00862 e. The summed E-state index contributed by atoms with van der Waals surface area (Å²) in [6.45, 7) is 8.24. The molecule has 0 aliphatic rings. The molecule has 0 aliphatic heterocycles.